The van der Waals surface area contributed by atoms with E-state index < -0.39 is 0 Å². The number of hydrogen-bond acceptors (Lipinski definition) is 6. The van der Waals surface area contributed by atoms with Crippen LogP contribution in [-0.2, 0) is 4.74 Å². The highest BCUT2D eigenvalue weighted by Crippen LogP contribution is 2.30. The first-order valence-electron chi connectivity index (χ1n) is 7.19. The van der Waals surface area contributed by atoms with E-state index in [-0.39, 0.29) is 0 Å². The number of nitrogens with zero attached hydrogens (tertiary/aromatic N) is 4. The molecule has 0 aliphatic carbocycles. The van der Waals surface area contributed by atoms with E-state index >= 15 is 0 Å². The second-order valence-electron chi connectivity index (χ2n) is 5.19. The van der Waals surface area contributed by atoms with Gasteiger partial charge < -0.3 is 20.4 Å². The molecule has 0 atom stereocenters. The molecule has 1 aliphatic rings. The molecule has 3 aromatic rings. The summed E-state index contributed by atoms with van der Waals surface area (Å²) in [5.41, 5.74) is 8.67. The van der Waals surface area contributed by atoms with Crippen LogP contribution in [0.15, 0.2) is 30.9 Å². The van der Waals surface area contributed by atoms with Crippen LogP contribution in [0.1, 0.15) is 0 Å². The second kappa shape index (κ2) is 5.27. The van der Waals surface area contributed by atoms with Crippen LogP contribution in [0.25, 0.3) is 22.2 Å². The fourth-order valence-corrected chi connectivity index (χ4v) is 2.74. The van der Waals surface area contributed by atoms with Crippen LogP contribution < -0.4 is 10.6 Å². The summed E-state index contributed by atoms with van der Waals surface area (Å²) in [4.78, 5) is 18.2. The average molecular weight is 296 g/mol. The van der Waals surface area contributed by atoms with Crippen molar-refractivity contribution in [1.82, 2.24) is 19.9 Å². The van der Waals surface area contributed by atoms with Gasteiger partial charge in [0.25, 0.3) is 0 Å². The van der Waals surface area contributed by atoms with E-state index in [9.17, 15) is 0 Å². The Hall–Kier alpha value is -2.67. The molecule has 1 fully saturated rings. The predicted molar refractivity (Wildman–Crippen MR) is 84.6 cm³/mol. The first kappa shape index (κ1) is 13.0. The van der Waals surface area contributed by atoms with Crippen molar-refractivity contribution in [3.05, 3.63) is 30.9 Å². The number of anilines is 2. The van der Waals surface area contributed by atoms with E-state index in [1.807, 2.05) is 24.5 Å². The van der Waals surface area contributed by atoms with Crippen LogP contribution in [0.3, 0.4) is 0 Å². The number of hydrogen-bond donors (Lipinski definition) is 2. The molecule has 7 nitrogen and oxygen atoms in total. The molecule has 22 heavy (non-hydrogen) atoms. The van der Waals surface area contributed by atoms with E-state index in [1.165, 1.54) is 6.33 Å². The highest BCUT2D eigenvalue weighted by molar-refractivity contribution is 5.99. The summed E-state index contributed by atoms with van der Waals surface area (Å²) in [6, 6.07) is 4.08. The fourth-order valence-electron chi connectivity index (χ4n) is 2.74. The van der Waals surface area contributed by atoms with E-state index in [2.05, 4.69) is 24.8 Å². The van der Waals surface area contributed by atoms with Gasteiger partial charge in [0.15, 0.2) is 0 Å². The minimum absolute atomic E-state index is 0.471. The quantitative estimate of drug-likeness (QED) is 0.743. The van der Waals surface area contributed by atoms with Gasteiger partial charge in [0, 0.05) is 36.6 Å². The van der Waals surface area contributed by atoms with E-state index in [4.69, 9.17) is 10.5 Å². The number of ether oxygens (including phenoxy) is 1. The van der Waals surface area contributed by atoms with Gasteiger partial charge in [-0.15, -0.1) is 0 Å². The lowest BCUT2D eigenvalue weighted by atomic mass is 10.1. The van der Waals surface area contributed by atoms with Crippen molar-refractivity contribution in [1.29, 1.82) is 0 Å². The number of nitrogens with two attached hydrogens (primary N) is 1. The molecule has 0 saturated carbocycles. The maximum atomic E-state index is 5.97. The molecular formula is C15H16N6O. The summed E-state index contributed by atoms with van der Waals surface area (Å²) in [5, 5.41) is 0.837. The van der Waals surface area contributed by atoms with E-state index in [0.29, 0.717) is 5.82 Å². The van der Waals surface area contributed by atoms with Gasteiger partial charge in [-0.25, -0.2) is 15.0 Å². The maximum Gasteiger partial charge on any atom is 0.143 e. The van der Waals surface area contributed by atoms with Crippen molar-refractivity contribution >= 4 is 22.7 Å². The Kier molecular flexibility index (Phi) is 3.12. The second-order valence-corrected chi connectivity index (χ2v) is 5.19. The SMILES string of the molecule is Nc1ncnc2[nH]cc(-c3ccc(N4CCOCC4)nc3)c12. The molecule has 1 saturated heterocycles. The zero-order valence-corrected chi connectivity index (χ0v) is 12.0. The van der Waals surface area contributed by atoms with Gasteiger partial charge in [-0.1, -0.05) is 0 Å². The van der Waals surface area contributed by atoms with Crippen molar-refractivity contribution in [2.75, 3.05) is 36.9 Å². The van der Waals surface area contributed by atoms with E-state index in [1.54, 1.807) is 0 Å². The normalized spacial score (nSPS) is 15.4. The number of H-pyrrole nitrogens is 1. The molecule has 0 radical (unpaired) electrons. The Morgan fingerprint density at radius 1 is 1.14 bits per heavy atom. The van der Waals surface area contributed by atoms with Crippen molar-refractivity contribution in [2.45, 2.75) is 0 Å². The van der Waals surface area contributed by atoms with Crippen LogP contribution in [0.4, 0.5) is 11.6 Å². The molecule has 0 bridgehead atoms. The number of rotatable bonds is 2. The summed E-state index contributed by atoms with van der Waals surface area (Å²) < 4.78 is 5.36. The Labute approximate surface area is 127 Å². The summed E-state index contributed by atoms with van der Waals surface area (Å²) in [6.45, 7) is 3.25. The van der Waals surface area contributed by atoms with Gasteiger partial charge in [0.2, 0.25) is 0 Å². The third-order valence-corrected chi connectivity index (χ3v) is 3.89. The number of aromatic nitrogens is 4. The lowest BCUT2D eigenvalue weighted by Gasteiger charge is -2.27. The van der Waals surface area contributed by atoms with Gasteiger partial charge in [0.05, 0.1) is 18.6 Å². The molecule has 3 N–H and O–H groups in total. The number of nitrogens with one attached hydrogen (secondary N) is 1. The van der Waals surface area contributed by atoms with Crippen LogP contribution in [0.5, 0.6) is 0 Å². The molecule has 0 unspecified atom stereocenters. The Balaban J connectivity index is 1.70. The molecule has 4 heterocycles. The smallest absolute Gasteiger partial charge is 0.143 e. The summed E-state index contributed by atoms with van der Waals surface area (Å²) in [6.07, 6.45) is 5.21. The van der Waals surface area contributed by atoms with E-state index in [0.717, 1.165) is 54.3 Å². The zero-order chi connectivity index (χ0) is 14.9. The maximum absolute atomic E-state index is 5.97. The highest BCUT2D eigenvalue weighted by atomic mass is 16.5. The lowest BCUT2D eigenvalue weighted by molar-refractivity contribution is 0.122. The molecule has 0 spiro atoms. The van der Waals surface area contributed by atoms with Gasteiger partial charge in [-0.3, -0.25) is 0 Å². The Morgan fingerprint density at radius 2 is 2.00 bits per heavy atom. The summed E-state index contributed by atoms with van der Waals surface area (Å²) in [7, 11) is 0. The number of pyridine rings is 1. The highest BCUT2D eigenvalue weighted by Gasteiger charge is 2.14. The standard InChI is InChI=1S/C15H16N6O/c16-14-13-11(8-18-15(13)20-9-19-14)10-1-2-12(17-7-10)21-3-5-22-6-4-21/h1-2,7-9H,3-6H2,(H3,16,18,19,20). The third-order valence-electron chi connectivity index (χ3n) is 3.89. The first-order chi connectivity index (χ1) is 10.8. The monoisotopic (exact) mass is 296 g/mol. The third kappa shape index (κ3) is 2.15. The van der Waals surface area contributed by atoms with Crippen LogP contribution >= 0.6 is 0 Å². The zero-order valence-electron chi connectivity index (χ0n) is 12.0. The molecule has 112 valence electrons. The largest absolute Gasteiger partial charge is 0.383 e. The number of fused-ring (bicyclic) bond motifs is 1. The molecule has 1 aliphatic heterocycles. The molecule has 3 aromatic heterocycles. The topological polar surface area (TPSA) is 93.0 Å². The number of aromatic amines is 1. The van der Waals surface area contributed by atoms with Gasteiger partial charge in [-0.05, 0) is 12.1 Å². The van der Waals surface area contributed by atoms with Crippen LogP contribution in [0, 0.1) is 0 Å². The molecule has 0 aromatic carbocycles. The molecular weight excluding hydrogens is 280 g/mol. The van der Waals surface area contributed by atoms with Crippen LogP contribution in [0.2, 0.25) is 0 Å². The fraction of sp³-hybridized carbons (Fsp3) is 0.267. The number of morpholine rings is 1. The Morgan fingerprint density at radius 3 is 2.77 bits per heavy atom. The van der Waals surface area contributed by atoms with Crippen molar-refractivity contribution in [3.8, 4) is 11.1 Å². The first-order valence-corrected chi connectivity index (χ1v) is 7.19. The van der Waals surface area contributed by atoms with Gasteiger partial charge in [-0.2, -0.15) is 0 Å². The van der Waals surface area contributed by atoms with Crippen LogP contribution in [-0.4, -0.2) is 46.2 Å². The van der Waals surface area contributed by atoms with Crippen molar-refractivity contribution in [3.63, 3.8) is 0 Å². The Bertz CT molecular complexity index is 791. The predicted octanol–water partition coefficient (Wildman–Crippen LogP) is 1.44. The van der Waals surface area contributed by atoms with Crippen molar-refractivity contribution in [2.24, 2.45) is 0 Å². The minimum Gasteiger partial charge on any atom is -0.383 e. The minimum atomic E-state index is 0.471. The summed E-state index contributed by atoms with van der Waals surface area (Å²) >= 11 is 0. The average Bonchev–Trinajstić information content (AvgIpc) is 3.01. The van der Waals surface area contributed by atoms with Crippen molar-refractivity contribution < 1.29 is 4.74 Å². The molecule has 7 heteroatoms. The molecule has 4 rings (SSSR count). The number of nitrogen functional groups attached to an aromatic ring is 1. The summed E-state index contributed by atoms with van der Waals surface area (Å²) in [5.74, 6) is 1.44. The lowest BCUT2D eigenvalue weighted by Crippen LogP contribution is -2.36. The molecule has 0 amide bonds. The van der Waals surface area contributed by atoms with Gasteiger partial charge >= 0.3 is 0 Å². The van der Waals surface area contributed by atoms with Gasteiger partial charge in [0.1, 0.15) is 23.6 Å².